The van der Waals surface area contributed by atoms with E-state index in [0.717, 1.165) is 51.2 Å². The Balaban J connectivity index is 0.000000117. The molecule has 17 aromatic rings. The lowest BCUT2D eigenvalue weighted by Gasteiger charge is -2.12. The van der Waals surface area contributed by atoms with Crippen molar-refractivity contribution >= 4 is 110 Å². The van der Waals surface area contributed by atoms with Gasteiger partial charge in [0.15, 0.2) is 5.82 Å². The molecule has 0 spiro atoms. The number of hydrogen-bond acceptors (Lipinski definition) is 5. The minimum absolute atomic E-state index is 0.735. The standard InChI is InChI=1S/C34H24N2.C32H22N2.C16H13N3/c1-2-10-24(11-3-1)26-14-8-15-28(22-26)36-33-19-7-6-17-30(33)31-23-27(20-21-34(31)36)35-32-18-9-13-25-12-4-5-16-29(25)32;1-2-11-25(12-3-1)33-26-16-19-31-30(21-26)29-18-15-23-9-6-7-13-28(23)32(29)34(31)27-17-14-22-8-4-5-10-24(22)20-27;1-3-7-13(8-4-1)16-17-11-15(12-18-16)19-14-9-5-2-6-10-14/h1-23,35H;1-21,33H;1-12,19H. The van der Waals surface area contributed by atoms with E-state index >= 15 is 0 Å². The lowest BCUT2D eigenvalue weighted by molar-refractivity contribution is 1.17. The zero-order valence-corrected chi connectivity index (χ0v) is 48.6. The molecule has 14 aromatic carbocycles. The van der Waals surface area contributed by atoms with Gasteiger partial charge in [-0.15, -0.1) is 0 Å². The first-order chi connectivity index (χ1) is 44.1. The van der Waals surface area contributed by atoms with Gasteiger partial charge in [0.1, 0.15) is 0 Å². The molecular weight excluding hydrogens is 1080 g/mol. The number of para-hydroxylation sites is 3. The summed E-state index contributed by atoms with van der Waals surface area (Å²) < 4.78 is 4.80. The van der Waals surface area contributed by atoms with Crippen LogP contribution < -0.4 is 16.0 Å². The van der Waals surface area contributed by atoms with Crippen LogP contribution in [0.3, 0.4) is 0 Å². The minimum Gasteiger partial charge on any atom is -0.356 e. The van der Waals surface area contributed by atoms with Gasteiger partial charge < -0.3 is 25.1 Å². The molecule has 0 saturated heterocycles. The van der Waals surface area contributed by atoms with E-state index < -0.39 is 0 Å². The number of fused-ring (bicyclic) bond motifs is 10. The molecule has 7 heteroatoms. The van der Waals surface area contributed by atoms with Crippen LogP contribution in [-0.2, 0) is 0 Å². The summed E-state index contributed by atoms with van der Waals surface area (Å²) in [5.41, 5.74) is 17.0. The Hall–Kier alpha value is -12.1. The molecule has 0 unspecified atom stereocenters. The summed E-state index contributed by atoms with van der Waals surface area (Å²) in [5, 5.41) is 23.0. The minimum atomic E-state index is 0.735. The quantitative estimate of drug-likeness (QED) is 0.127. The highest BCUT2D eigenvalue weighted by Gasteiger charge is 2.18. The zero-order chi connectivity index (χ0) is 59.3. The number of nitrogens with zero attached hydrogens (tertiary/aromatic N) is 4. The molecule has 0 radical (unpaired) electrons. The number of anilines is 6. The van der Waals surface area contributed by atoms with E-state index in [-0.39, 0.29) is 0 Å². The van der Waals surface area contributed by atoms with Crippen molar-refractivity contribution in [1.82, 2.24) is 19.1 Å². The third-order valence-electron chi connectivity index (χ3n) is 16.4. The highest BCUT2D eigenvalue weighted by atomic mass is 15.0. The summed E-state index contributed by atoms with van der Waals surface area (Å²) in [6, 6.07) is 115. The molecule has 89 heavy (non-hydrogen) atoms. The molecule has 3 aromatic heterocycles. The summed E-state index contributed by atoms with van der Waals surface area (Å²) in [4.78, 5) is 8.74. The van der Waals surface area contributed by atoms with Gasteiger partial charge in [-0.2, -0.15) is 0 Å². The van der Waals surface area contributed by atoms with E-state index in [1.165, 1.54) is 92.7 Å². The molecule has 3 heterocycles. The molecule has 0 aliphatic heterocycles. The van der Waals surface area contributed by atoms with Crippen molar-refractivity contribution in [3.05, 3.63) is 340 Å². The Labute approximate surface area is 516 Å². The molecule has 0 aliphatic carbocycles. The van der Waals surface area contributed by atoms with Gasteiger partial charge in [-0.05, 0) is 130 Å². The van der Waals surface area contributed by atoms with Crippen LogP contribution in [0, 0.1) is 0 Å². The first-order valence-corrected chi connectivity index (χ1v) is 30.0. The van der Waals surface area contributed by atoms with Crippen molar-refractivity contribution < 1.29 is 0 Å². The predicted molar refractivity (Wildman–Crippen MR) is 376 cm³/mol. The van der Waals surface area contributed by atoms with Crippen molar-refractivity contribution in [2.24, 2.45) is 0 Å². The van der Waals surface area contributed by atoms with E-state index in [1.54, 1.807) is 12.4 Å². The summed E-state index contributed by atoms with van der Waals surface area (Å²) in [5.74, 6) is 0.735. The summed E-state index contributed by atoms with van der Waals surface area (Å²) >= 11 is 0. The molecule has 0 aliphatic rings. The molecule has 3 N–H and O–H groups in total. The zero-order valence-electron chi connectivity index (χ0n) is 48.6. The van der Waals surface area contributed by atoms with Gasteiger partial charge in [0.2, 0.25) is 0 Å². The highest BCUT2D eigenvalue weighted by molar-refractivity contribution is 6.19. The second kappa shape index (κ2) is 24.1. The third-order valence-corrected chi connectivity index (χ3v) is 16.4. The average Bonchev–Trinajstić information content (AvgIpc) is 1.64. The molecule has 422 valence electrons. The maximum atomic E-state index is 4.37. The Bertz CT molecular complexity index is 5330. The average molecular weight is 1140 g/mol. The molecule has 7 nitrogen and oxygen atoms in total. The Kier molecular flexibility index (Phi) is 14.5. The van der Waals surface area contributed by atoms with Crippen LogP contribution >= 0.6 is 0 Å². The first kappa shape index (κ1) is 53.7. The van der Waals surface area contributed by atoms with Gasteiger partial charge in [0.05, 0.1) is 40.1 Å². The molecule has 0 bridgehead atoms. The second-order valence-electron chi connectivity index (χ2n) is 22.1. The van der Waals surface area contributed by atoms with Crippen LogP contribution in [0.5, 0.6) is 0 Å². The van der Waals surface area contributed by atoms with Crippen LogP contribution in [0.1, 0.15) is 0 Å². The fourth-order valence-electron chi connectivity index (χ4n) is 12.2. The molecule has 0 atom stereocenters. The maximum absolute atomic E-state index is 4.37. The van der Waals surface area contributed by atoms with Crippen molar-refractivity contribution in [3.63, 3.8) is 0 Å². The van der Waals surface area contributed by atoms with E-state index in [4.69, 9.17) is 0 Å². The topological polar surface area (TPSA) is 71.7 Å². The molecule has 0 saturated carbocycles. The maximum Gasteiger partial charge on any atom is 0.159 e. The number of rotatable bonds is 10. The van der Waals surface area contributed by atoms with Gasteiger partial charge in [0.25, 0.3) is 0 Å². The summed E-state index contributed by atoms with van der Waals surface area (Å²) in [6.45, 7) is 0. The second-order valence-corrected chi connectivity index (χ2v) is 22.1. The van der Waals surface area contributed by atoms with Crippen LogP contribution in [0.2, 0.25) is 0 Å². The van der Waals surface area contributed by atoms with Crippen molar-refractivity contribution in [2.75, 3.05) is 16.0 Å². The van der Waals surface area contributed by atoms with Crippen molar-refractivity contribution in [2.45, 2.75) is 0 Å². The number of hydrogen-bond donors (Lipinski definition) is 3. The first-order valence-electron chi connectivity index (χ1n) is 30.0. The van der Waals surface area contributed by atoms with E-state index in [2.05, 4.69) is 296 Å². The van der Waals surface area contributed by atoms with Crippen LogP contribution in [0.4, 0.5) is 34.1 Å². The SMILES string of the molecule is c1ccc(-c2cccc(-n3c4ccccc4c4cc(Nc5cccc6ccccc56)ccc43)c2)cc1.c1ccc(Nc2ccc3c(c2)c2ccc4ccccc4c2n3-c2ccc3ccccc3c2)cc1.c1ccc(Nc2cnc(-c3ccccc3)nc2)cc1. The van der Waals surface area contributed by atoms with Crippen LogP contribution in [0.15, 0.2) is 340 Å². The van der Waals surface area contributed by atoms with Gasteiger partial charge in [-0.25, -0.2) is 9.97 Å². The van der Waals surface area contributed by atoms with Crippen molar-refractivity contribution in [3.8, 4) is 33.9 Å². The fraction of sp³-hybridized carbons (Fsp3) is 0. The lowest BCUT2D eigenvalue weighted by Crippen LogP contribution is -1.95. The van der Waals surface area contributed by atoms with Crippen LogP contribution in [-0.4, -0.2) is 19.1 Å². The van der Waals surface area contributed by atoms with E-state index in [0.29, 0.717) is 0 Å². The Morgan fingerprint density at radius 3 is 1.43 bits per heavy atom. The Morgan fingerprint density at radius 2 is 0.719 bits per heavy atom. The number of aromatic nitrogens is 4. The fourth-order valence-corrected chi connectivity index (χ4v) is 12.2. The van der Waals surface area contributed by atoms with Gasteiger partial charge >= 0.3 is 0 Å². The summed E-state index contributed by atoms with van der Waals surface area (Å²) in [7, 11) is 0. The van der Waals surface area contributed by atoms with E-state index in [1.807, 2.05) is 66.7 Å². The summed E-state index contributed by atoms with van der Waals surface area (Å²) in [6.07, 6.45) is 3.59. The van der Waals surface area contributed by atoms with Gasteiger partial charge in [0, 0.05) is 77.7 Å². The molecular formula is C82H59N7. The largest absolute Gasteiger partial charge is 0.356 e. The molecule has 0 fully saturated rings. The number of nitrogens with one attached hydrogen (secondary N) is 3. The lowest BCUT2D eigenvalue weighted by atomic mass is 10.1. The number of benzene rings is 14. The van der Waals surface area contributed by atoms with Crippen molar-refractivity contribution in [1.29, 1.82) is 0 Å². The smallest absolute Gasteiger partial charge is 0.159 e. The Morgan fingerprint density at radius 1 is 0.236 bits per heavy atom. The van der Waals surface area contributed by atoms with E-state index in [9.17, 15) is 0 Å². The monoisotopic (exact) mass is 1140 g/mol. The molecule has 0 amide bonds. The van der Waals surface area contributed by atoms with Crippen LogP contribution in [0.25, 0.3) is 110 Å². The third kappa shape index (κ3) is 11.0. The highest BCUT2D eigenvalue weighted by Crippen LogP contribution is 2.40. The molecule has 17 rings (SSSR count). The predicted octanol–water partition coefficient (Wildman–Crippen LogP) is 22.1. The van der Waals surface area contributed by atoms with Gasteiger partial charge in [-0.3, -0.25) is 0 Å². The normalized spacial score (nSPS) is 11.1. The van der Waals surface area contributed by atoms with Gasteiger partial charge in [-0.1, -0.05) is 231 Å².